The van der Waals surface area contributed by atoms with Crippen molar-refractivity contribution < 1.29 is 0 Å². The molecule has 0 saturated heterocycles. The summed E-state index contributed by atoms with van der Waals surface area (Å²) in [5.74, 6) is 2.40. The van der Waals surface area contributed by atoms with Crippen LogP contribution < -0.4 is 10.6 Å². The Kier molecular flexibility index (Phi) is 5.93. The zero-order valence-electron chi connectivity index (χ0n) is 12.8. The predicted octanol–water partition coefficient (Wildman–Crippen LogP) is 1.54. The Balaban J connectivity index is 2.39. The third-order valence-corrected chi connectivity index (χ3v) is 3.90. The van der Waals surface area contributed by atoms with E-state index in [1.54, 1.807) is 0 Å². The van der Waals surface area contributed by atoms with Gasteiger partial charge >= 0.3 is 0 Å². The van der Waals surface area contributed by atoms with E-state index in [9.17, 15) is 0 Å². The zero-order chi connectivity index (χ0) is 13.7. The van der Waals surface area contributed by atoms with E-state index in [0.717, 1.165) is 18.4 Å². The summed E-state index contributed by atoms with van der Waals surface area (Å²) in [6.45, 7) is 7.61. The van der Waals surface area contributed by atoms with Crippen LogP contribution in [0.1, 0.15) is 33.6 Å². The first-order valence-electron chi connectivity index (χ1n) is 7.09. The summed E-state index contributed by atoms with van der Waals surface area (Å²) < 4.78 is 0. The molecule has 2 N–H and O–H groups in total. The molecule has 0 aromatic heterocycles. The molecule has 1 aliphatic rings. The quantitative estimate of drug-likeness (QED) is 0.558. The number of hydrogen-bond donors (Lipinski definition) is 2. The molecule has 1 saturated carbocycles. The van der Waals surface area contributed by atoms with E-state index in [2.05, 4.69) is 55.4 Å². The highest BCUT2D eigenvalue weighted by molar-refractivity contribution is 5.79. The molecule has 2 unspecified atom stereocenters. The van der Waals surface area contributed by atoms with Gasteiger partial charge in [0.1, 0.15) is 0 Å². The maximum atomic E-state index is 4.30. The van der Waals surface area contributed by atoms with Crippen molar-refractivity contribution >= 4 is 5.96 Å². The van der Waals surface area contributed by atoms with Gasteiger partial charge in [-0.15, -0.1) is 0 Å². The van der Waals surface area contributed by atoms with E-state index in [0.29, 0.717) is 18.0 Å². The van der Waals surface area contributed by atoms with E-state index >= 15 is 0 Å². The van der Waals surface area contributed by atoms with Crippen molar-refractivity contribution in [1.29, 1.82) is 0 Å². The Morgan fingerprint density at radius 2 is 1.89 bits per heavy atom. The number of guanidine groups is 1. The van der Waals surface area contributed by atoms with Gasteiger partial charge in [0.15, 0.2) is 5.96 Å². The first-order chi connectivity index (χ1) is 8.45. The zero-order valence-corrected chi connectivity index (χ0v) is 12.8. The van der Waals surface area contributed by atoms with Crippen molar-refractivity contribution in [3.63, 3.8) is 0 Å². The smallest absolute Gasteiger partial charge is 0.191 e. The second kappa shape index (κ2) is 6.98. The molecular formula is C14H30N4. The topological polar surface area (TPSA) is 39.7 Å². The molecule has 0 aromatic carbocycles. The summed E-state index contributed by atoms with van der Waals surface area (Å²) in [5, 5.41) is 6.90. The SMILES string of the molecule is CN=C(NCC(C1CC1)N(C)C)NC(C)C(C)C. The lowest BCUT2D eigenvalue weighted by Gasteiger charge is -2.27. The number of aliphatic imine (C=N–C) groups is 1. The van der Waals surface area contributed by atoms with Crippen LogP contribution in [-0.4, -0.2) is 50.6 Å². The average molecular weight is 254 g/mol. The normalized spacial score (nSPS) is 20.1. The number of hydrogen-bond acceptors (Lipinski definition) is 2. The lowest BCUT2D eigenvalue weighted by Crippen LogP contribution is -2.49. The van der Waals surface area contributed by atoms with Crippen molar-refractivity contribution in [3.8, 4) is 0 Å². The Bertz CT molecular complexity index is 267. The van der Waals surface area contributed by atoms with Gasteiger partial charge < -0.3 is 15.5 Å². The molecule has 0 heterocycles. The van der Waals surface area contributed by atoms with Gasteiger partial charge in [-0.3, -0.25) is 4.99 Å². The summed E-state index contributed by atoms with van der Waals surface area (Å²) in [6.07, 6.45) is 2.75. The first-order valence-corrected chi connectivity index (χ1v) is 7.09. The Morgan fingerprint density at radius 1 is 1.28 bits per heavy atom. The van der Waals surface area contributed by atoms with Gasteiger partial charge in [0.05, 0.1) is 0 Å². The summed E-state index contributed by atoms with van der Waals surface area (Å²) in [6, 6.07) is 1.06. The average Bonchev–Trinajstić information content (AvgIpc) is 3.11. The van der Waals surface area contributed by atoms with Gasteiger partial charge in [-0.25, -0.2) is 0 Å². The molecule has 4 heteroatoms. The number of nitrogens with zero attached hydrogens (tertiary/aromatic N) is 2. The van der Waals surface area contributed by atoms with Gasteiger partial charge in [-0.05, 0) is 45.7 Å². The third kappa shape index (κ3) is 4.84. The predicted molar refractivity (Wildman–Crippen MR) is 79.0 cm³/mol. The molecule has 106 valence electrons. The van der Waals surface area contributed by atoms with E-state index in [-0.39, 0.29) is 0 Å². The molecule has 0 radical (unpaired) electrons. The minimum Gasteiger partial charge on any atom is -0.355 e. The minimum absolute atomic E-state index is 0.440. The highest BCUT2D eigenvalue weighted by Crippen LogP contribution is 2.34. The number of likely N-dealkylation sites (N-methyl/N-ethyl adjacent to an activating group) is 1. The highest BCUT2D eigenvalue weighted by Gasteiger charge is 2.32. The molecule has 0 bridgehead atoms. The van der Waals surface area contributed by atoms with Crippen LogP contribution in [0.4, 0.5) is 0 Å². The maximum Gasteiger partial charge on any atom is 0.191 e. The molecule has 1 rings (SSSR count). The van der Waals surface area contributed by atoms with Gasteiger partial charge in [-0.2, -0.15) is 0 Å². The van der Waals surface area contributed by atoms with Crippen LogP contribution in [0.2, 0.25) is 0 Å². The van der Waals surface area contributed by atoms with Gasteiger partial charge in [0.25, 0.3) is 0 Å². The molecule has 0 aliphatic heterocycles. The summed E-state index contributed by atoms with van der Waals surface area (Å²) >= 11 is 0. The molecule has 1 aliphatic carbocycles. The maximum absolute atomic E-state index is 4.30. The van der Waals surface area contributed by atoms with Gasteiger partial charge in [0.2, 0.25) is 0 Å². The Labute approximate surface area is 112 Å². The van der Waals surface area contributed by atoms with E-state index in [1.807, 2.05) is 7.05 Å². The highest BCUT2D eigenvalue weighted by atomic mass is 15.2. The molecule has 1 fully saturated rings. The largest absolute Gasteiger partial charge is 0.355 e. The monoisotopic (exact) mass is 254 g/mol. The number of rotatable bonds is 6. The lowest BCUT2D eigenvalue weighted by atomic mass is 10.1. The fourth-order valence-electron chi connectivity index (χ4n) is 2.03. The van der Waals surface area contributed by atoms with Crippen LogP contribution in [0.5, 0.6) is 0 Å². The Hall–Kier alpha value is -0.770. The molecule has 18 heavy (non-hydrogen) atoms. The Morgan fingerprint density at radius 3 is 2.28 bits per heavy atom. The fraction of sp³-hybridized carbons (Fsp3) is 0.929. The first kappa shape index (κ1) is 15.3. The van der Waals surface area contributed by atoms with E-state index < -0.39 is 0 Å². The van der Waals surface area contributed by atoms with Crippen LogP contribution in [0, 0.1) is 11.8 Å². The minimum atomic E-state index is 0.440. The van der Waals surface area contributed by atoms with Crippen molar-refractivity contribution in [3.05, 3.63) is 0 Å². The summed E-state index contributed by atoms with van der Waals surface area (Å²) in [7, 11) is 6.17. The second-order valence-electron chi connectivity index (χ2n) is 6.00. The standard InChI is InChI=1S/C14H30N4/c1-10(2)11(3)17-14(15-4)16-9-13(18(5)6)12-7-8-12/h10-13H,7-9H2,1-6H3,(H2,15,16,17). The molecule has 0 spiro atoms. The van der Waals surface area contributed by atoms with Gasteiger partial charge in [0, 0.05) is 25.7 Å². The van der Waals surface area contributed by atoms with Crippen molar-refractivity contribution in [2.75, 3.05) is 27.7 Å². The molecule has 2 atom stereocenters. The lowest BCUT2D eigenvalue weighted by molar-refractivity contribution is 0.263. The van der Waals surface area contributed by atoms with Crippen LogP contribution in [0.3, 0.4) is 0 Å². The molecular weight excluding hydrogens is 224 g/mol. The van der Waals surface area contributed by atoms with E-state index in [1.165, 1.54) is 12.8 Å². The third-order valence-electron chi connectivity index (χ3n) is 3.90. The fourth-order valence-corrected chi connectivity index (χ4v) is 2.03. The molecule has 0 aromatic rings. The molecule has 4 nitrogen and oxygen atoms in total. The van der Waals surface area contributed by atoms with Crippen molar-refractivity contribution in [2.24, 2.45) is 16.8 Å². The van der Waals surface area contributed by atoms with E-state index in [4.69, 9.17) is 0 Å². The molecule has 0 amide bonds. The van der Waals surface area contributed by atoms with Crippen molar-refractivity contribution in [1.82, 2.24) is 15.5 Å². The van der Waals surface area contributed by atoms with Crippen LogP contribution in [0.15, 0.2) is 4.99 Å². The second-order valence-corrected chi connectivity index (χ2v) is 6.00. The summed E-state index contributed by atoms with van der Waals surface area (Å²) in [5.41, 5.74) is 0. The number of nitrogens with one attached hydrogen (secondary N) is 2. The van der Waals surface area contributed by atoms with Crippen molar-refractivity contribution in [2.45, 2.75) is 45.7 Å². The van der Waals surface area contributed by atoms with Crippen LogP contribution in [-0.2, 0) is 0 Å². The van der Waals surface area contributed by atoms with Crippen LogP contribution in [0.25, 0.3) is 0 Å². The summed E-state index contributed by atoms with van der Waals surface area (Å²) in [4.78, 5) is 6.62. The van der Waals surface area contributed by atoms with Gasteiger partial charge in [-0.1, -0.05) is 13.8 Å². The van der Waals surface area contributed by atoms with Crippen LogP contribution >= 0.6 is 0 Å².